The molecule has 0 aromatic carbocycles. The first-order valence-corrected chi connectivity index (χ1v) is 44.3. The largest absolute Gasteiger partial charge is 0.472 e. The van der Waals surface area contributed by atoms with E-state index < -0.39 is 97.5 Å². The van der Waals surface area contributed by atoms with Crippen molar-refractivity contribution in [3.05, 3.63) is 0 Å². The summed E-state index contributed by atoms with van der Waals surface area (Å²) >= 11 is 0. The predicted octanol–water partition coefficient (Wildman–Crippen LogP) is 23.8. The first kappa shape index (κ1) is 96.1. The molecule has 5 atom stereocenters. The van der Waals surface area contributed by atoms with Crippen LogP contribution < -0.4 is 0 Å². The van der Waals surface area contributed by atoms with Crippen molar-refractivity contribution < 1.29 is 80.2 Å². The first-order chi connectivity index (χ1) is 47.7. The van der Waals surface area contributed by atoms with E-state index in [1.807, 2.05) is 0 Å². The molecule has 17 nitrogen and oxygen atoms in total. The Morgan fingerprint density at radius 1 is 0.245 bits per heavy atom. The number of carbonyl (C=O) groups excluding carboxylic acids is 4. The molecule has 582 valence electrons. The van der Waals surface area contributed by atoms with Crippen molar-refractivity contribution in [3.63, 3.8) is 0 Å². The Hall–Kier alpha value is -1.94. The fraction of sp³-hybridized carbons (Fsp3) is 0.949. The van der Waals surface area contributed by atoms with Crippen LogP contribution in [0, 0.1) is 0 Å². The second-order valence-corrected chi connectivity index (χ2v) is 31.4. The SMILES string of the molecule is CCCCCCCCCCCCCCCCCCCCCCCCC(=O)O[C@H](COC(=O)CCCCCCCCCCCCCC)COP(=O)(O)OC[C@@H](O)COP(=O)(O)OC[C@@H](COC(=O)CCCCCCCCCCCCCC)OC(=O)CCCCCCCCCCCCCC. The number of unbranched alkanes of at least 4 members (excludes halogenated alkanes) is 54. The second-order valence-electron chi connectivity index (χ2n) is 28.5. The quantitative estimate of drug-likeness (QED) is 0.0222. The van der Waals surface area contributed by atoms with Crippen LogP contribution in [0.3, 0.4) is 0 Å². The van der Waals surface area contributed by atoms with E-state index >= 15 is 0 Å². The summed E-state index contributed by atoms with van der Waals surface area (Å²) in [4.78, 5) is 72.9. The van der Waals surface area contributed by atoms with E-state index in [0.29, 0.717) is 25.7 Å². The summed E-state index contributed by atoms with van der Waals surface area (Å²) in [6.45, 7) is 5.00. The van der Waals surface area contributed by atoms with Crippen molar-refractivity contribution in [2.45, 2.75) is 444 Å². The Kier molecular flexibility index (Phi) is 71.9. The number of hydrogen-bond donors (Lipinski definition) is 3. The van der Waals surface area contributed by atoms with Gasteiger partial charge in [0.1, 0.15) is 19.3 Å². The number of esters is 4. The molecule has 0 aliphatic carbocycles. The summed E-state index contributed by atoms with van der Waals surface area (Å²) in [5, 5.41) is 10.6. The Morgan fingerprint density at radius 2 is 0.408 bits per heavy atom. The Labute approximate surface area is 600 Å². The fourth-order valence-corrected chi connectivity index (χ4v) is 13.9. The van der Waals surface area contributed by atoms with Gasteiger partial charge in [0.15, 0.2) is 12.2 Å². The van der Waals surface area contributed by atoms with Gasteiger partial charge in [-0.2, -0.15) is 0 Å². The van der Waals surface area contributed by atoms with E-state index in [0.717, 1.165) is 89.9 Å². The van der Waals surface area contributed by atoms with E-state index in [-0.39, 0.29) is 25.7 Å². The highest BCUT2D eigenvalue weighted by Gasteiger charge is 2.30. The average molecular weight is 1440 g/mol. The van der Waals surface area contributed by atoms with Crippen LogP contribution >= 0.6 is 15.6 Å². The van der Waals surface area contributed by atoms with Crippen LogP contribution in [-0.2, 0) is 65.4 Å². The average Bonchev–Trinajstić information content (AvgIpc) is 1.08. The standard InChI is InChI=1S/C79H154O17P2/c1-5-9-13-17-21-25-29-33-34-35-36-37-38-39-40-41-42-46-50-54-58-62-66-79(84)96-75(70-90-77(82)64-60-56-52-48-44-31-27-23-19-15-11-7-3)72-94-98(87,88)92-68-73(80)67-91-97(85,86)93-71-74(95-78(83)65-61-57-53-49-45-32-28-24-20-16-12-8-4)69-89-76(81)63-59-55-51-47-43-30-26-22-18-14-10-6-2/h73-75,80H,5-72H2,1-4H3,(H,85,86)(H,87,88)/t73-,74+,75+/m0/s1. The Morgan fingerprint density at radius 3 is 0.602 bits per heavy atom. The molecule has 0 bridgehead atoms. The molecular weight excluding hydrogens is 1280 g/mol. The van der Waals surface area contributed by atoms with Crippen molar-refractivity contribution in [1.82, 2.24) is 0 Å². The van der Waals surface area contributed by atoms with Gasteiger partial charge in [0.25, 0.3) is 0 Å². The molecule has 0 saturated heterocycles. The van der Waals surface area contributed by atoms with E-state index in [1.165, 1.54) is 257 Å². The number of phosphoric acid groups is 2. The molecule has 0 radical (unpaired) electrons. The van der Waals surface area contributed by atoms with Crippen LogP contribution in [0.5, 0.6) is 0 Å². The minimum absolute atomic E-state index is 0.108. The van der Waals surface area contributed by atoms with E-state index in [2.05, 4.69) is 27.7 Å². The topological polar surface area (TPSA) is 237 Å². The van der Waals surface area contributed by atoms with Gasteiger partial charge < -0.3 is 33.8 Å². The maximum absolute atomic E-state index is 13.1. The first-order valence-electron chi connectivity index (χ1n) is 41.3. The summed E-state index contributed by atoms with van der Waals surface area (Å²) in [5.41, 5.74) is 0. The zero-order valence-electron chi connectivity index (χ0n) is 63.8. The summed E-state index contributed by atoms with van der Waals surface area (Å²) in [6, 6.07) is 0. The second kappa shape index (κ2) is 73.4. The molecule has 0 aliphatic rings. The molecule has 0 aromatic rings. The zero-order valence-corrected chi connectivity index (χ0v) is 65.6. The predicted molar refractivity (Wildman–Crippen MR) is 400 cm³/mol. The lowest BCUT2D eigenvalue weighted by Gasteiger charge is -2.21. The van der Waals surface area contributed by atoms with E-state index in [4.69, 9.17) is 37.0 Å². The van der Waals surface area contributed by atoms with Gasteiger partial charge in [0.2, 0.25) is 0 Å². The van der Waals surface area contributed by atoms with Gasteiger partial charge in [0.05, 0.1) is 26.4 Å². The van der Waals surface area contributed by atoms with Crippen molar-refractivity contribution in [3.8, 4) is 0 Å². The third-order valence-electron chi connectivity index (χ3n) is 18.6. The summed E-state index contributed by atoms with van der Waals surface area (Å²) in [5.74, 6) is -2.11. The number of aliphatic hydroxyl groups is 1. The molecule has 0 aromatic heterocycles. The molecule has 2 unspecified atom stereocenters. The maximum Gasteiger partial charge on any atom is 0.472 e. The highest BCUT2D eigenvalue weighted by Crippen LogP contribution is 2.45. The molecule has 0 fully saturated rings. The van der Waals surface area contributed by atoms with Crippen LogP contribution in [-0.4, -0.2) is 96.7 Å². The number of carbonyl (C=O) groups is 4. The third-order valence-corrected chi connectivity index (χ3v) is 20.5. The summed E-state index contributed by atoms with van der Waals surface area (Å²) in [6.07, 6.45) is 65.2. The van der Waals surface area contributed by atoms with Crippen LogP contribution in [0.2, 0.25) is 0 Å². The summed E-state index contributed by atoms with van der Waals surface area (Å²) in [7, 11) is -9.91. The van der Waals surface area contributed by atoms with Gasteiger partial charge in [-0.3, -0.25) is 37.3 Å². The van der Waals surface area contributed by atoms with Crippen molar-refractivity contribution in [2.75, 3.05) is 39.6 Å². The Bertz CT molecular complexity index is 1860. The molecule has 0 spiro atoms. The van der Waals surface area contributed by atoms with Crippen LogP contribution in [0.25, 0.3) is 0 Å². The summed E-state index contributed by atoms with van der Waals surface area (Å²) < 4.78 is 68.6. The lowest BCUT2D eigenvalue weighted by atomic mass is 10.0. The highest BCUT2D eigenvalue weighted by molar-refractivity contribution is 7.47. The number of phosphoric ester groups is 2. The molecule has 3 N–H and O–H groups in total. The van der Waals surface area contributed by atoms with Gasteiger partial charge in [-0.25, -0.2) is 9.13 Å². The zero-order chi connectivity index (χ0) is 71.8. The minimum Gasteiger partial charge on any atom is -0.462 e. The van der Waals surface area contributed by atoms with Gasteiger partial charge in [-0.1, -0.05) is 374 Å². The van der Waals surface area contributed by atoms with Crippen molar-refractivity contribution >= 4 is 39.5 Å². The Balaban J connectivity index is 5.18. The normalized spacial score (nSPS) is 13.8. The lowest BCUT2D eigenvalue weighted by Crippen LogP contribution is -2.30. The van der Waals surface area contributed by atoms with Crippen LogP contribution in [0.4, 0.5) is 0 Å². The smallest absolute Gasteiger partial charge is 0.462 e. The molecule has 0 aliphatic heterocycles. The van der Waals surface area contributed by atoms with E-state index in [1.54, 1.807) is 0 Å². The number of rotatable bonds is 80. The highest BCUT2D eigenvalue weighted by atomic mass is 31.2. The van der Waals surface area contributed by atoms with Crippen LogP contribution in [0.15, 0.2) is 0 Å². The minimum atomic E-state index is -4.96. The number of ether oxygens (including phenoxy) is 4. The van der Waals surface area contributed by atoms with Crippen LogP contribution in [0.1, 0.15) is 426 Å². The lowest BCUT2D eigenvalue weighted by molar-refractivity contribution is -0.161. The van der Waals surface area contributed by atoms with Gasteiger partial charge >= 0.3 is 39.5 Å². The number of aliphatic hydroxyl groups excluding tert-OH is 1. The third kappa shape index (κ3) is 72.4. The molecular formula is C79H154O17P2. The van der Waals surface area contributed by atoms with E-state index in [9.17, 15) is 43.2 Å². The fourth-order valence-electron chi connectivity index (χ4n) is 12.3. The molecule has 98 heavy (non-hydrogen) atoms. The van der Waals surface area contributed by atoms with Gasteiger partial charge in [-0.15, -0.1) is 0 Å². The van der Waals surface area contributed by atoms with Gasteiger partial charge in [-0.05, 0) is 25.7 Å². The monoisotopic (exact) mass is 1440 g/mol. The molecule has 0 amide bonds. The maximum atomic E-state index is 13.1. The molecule has 0 rings (SSSR count). The molecule has 0 heterocycles. The van der Waals surface area contributed by atoms with Crippen molar-refractivity contribution in [1.29, 1.82) is 0 Å². The number of hydrogen-bond acceptors (Lipinski definition) is 15. The molecule has 19 heteroatoms. The van der Waals surface area contributed by atoms with Gasteiger partial charge in [0, 0.05) is 25.7 Å². The molecule has 0 saturated carbocycles. The van der Waals surface area contributed by atoms with Crippen molar-refractivity contribution in [2.24, 2.45) is 0 Å².